The van der Waals surface area contributed by atoms with Gasteiger partial charge in [-0.1, -0.05) is 0 Å². The van der Waals surface area contributed by atoms with E-state index in [1.165, 1.54) is 12.1 Å². The molecule has 1 nitrogen and oxygen atoms in total. The van der Waals surface area contributed by atoms with E-state index in [9.17, 15) is 8.78 Å². The number of benzene rings is 1. The van der Waals surface area contributed by atoms with Crippen LogP contribution in [0.1, 0.15) is 17.9 Å². The summed E-state index contributed by atoms with van der Waals surface area (Å²) in [6, 6.07) is 3.66. The fourth-order valence-electron chi connectivity index (χ4n) is 1.39. The molecule has 0 radical (unpaired) electrons. The van der Waals surface area contributed by atoms with Crippen molar-refractivity contribution in [1.29, 1.82) is 0 Å². The van der Waals surface area contributed by atoms with E-state index < -0.39 is 11.6 Å². The Labute approximate surface area is 69.2 Å². The van der Waals surface area contributed by atoms with Crippen LogP contribution in [0, 0.1) is 11.6 Å². The van der Waals surface area contributed by atoms with Gasteiger partial charge in [-0.05, 0) is 24.1 Å². The van der Waals surface area contributed by atoms with Crippen molar-refractivity contribution in [3.8, 4) is 0 Å². The van der Waals surface area contributed by atoms with E-state index in [4.69, 9.17) is 5.73 Å². The second-order valence-corrected chi connectivity index (χ2v) is 3.21. The highest BCUT2D eigenvalue weighted by Crippen LogP contribution is 2.39. The van der Waals surface area contributed by atoms with Gasteiger partial charge in [0.15, 0.2) is 0 Å². The van der Waals surface area contributed by atoms with Crippen molar-refractivity contribution < 1.29 is 8.78 Å². The minimum absolute atomic E-state index is 0.0891. The first-order valence-electron chi connectivity index (χ1n) is 3.88. The maximum Gasteiger partial charge on any atom is 0.126 e. The van der Waals surface area contributed by atoms with Crippen LogP contribution in [0.3, 0.4) is 0 Å². The largest absolute Gasteiger partial charge is 0.327 e. The van der Waals surface area contributed by atoms with Crippen LogP contribution in [0.25, 0.3) is 0 Å². The summed E-state index contributed by atoms with van der Waals surface area (Å²) < 4.78 is 25.3. The highest BCUT2D eigenvalue weighted by atomic mass is 19.1. The molecule has 1 fully saturated rings. The molecule has 2 atom stereocenters. The lowest BCUT2D eigenvalue weighted by Crippen LogP contribution is -2.01. The predicted octanol–water partition coefficient (Wildman–Crippen LogP) is 1.78. The molecule has 1 aliphatic rings. The second kappa shape index (κ2) is 2.52. The lowest BCUT2D eigenvalue weighted by atomic mass is 10.1. The van der Waals surface area contributed by atoms with Crippen LogP contribution in [-0.2, 0) is 0 Å². The van der Waals surface area contributed by atoms with Crippen molar-refractivity contribution in [3.63, 3.8) is 0 Å². The van der Waals surface area contributed by atoms with E-state index in [0.717, 1.165) is 12.5 Å². The third-order valence-corrected chi connectivity index (χ3v) is 2.15. The Morgan fingerprint density at radius 1 is 1.17 bits per heavy atom. The summed E-state index contributed by atoms with van der Waals surface area (Å²) in [6.45, 7) is 0. The van der Waals surface area contributed by atoms with E-state index in [-0.39, 0.29) is 12.0 Å². The zero-order valence-electron chi connectivity index (χ0n) is 6.43. The third kappa shape index (κ3) is 1.32. The fourth-order valence-corrected chi connectivity index (χ4v) is 1.39. The first-order chi connectivity index (χ1) is 5.66. The molecule has 0 amide bonds. The van der Waals surface area contributed by atoms with Gasteiger partial charge in [0.25, 0.3) is 0 Å². The van der Waals surface area contributed by atoms with Crippen molar-refractivity contribution in [1.82, 2.24) is 0 Å². The highest BCUT2D eigenvalue weighted by Gasteiger charge is 2.35. The zero-order chi connectivity index (χ0) is 8.72. The van der Waals surface area contributed by atoms with Gasteiger partial charge in [-0.2, -0.15) is 0 Å². The lowest BCUT2D eigenvalue weighted by Gasteiger charge is -1.98. The zero-order valence-corrected chi connectivity index (χ0v) is 6.43. The summed E-state index contributed by atoms with van der Waals surface area (Å²) in [4.78, 5) is 0. The van der Waals surface area contributed by atoms with Crippen LogP contribution in [0.15, 0.2) is 18.2 Å². The lowest BCUT2D eigenvalue weighted by molar-refractivity contribution is 0.579. The molecule has 1 aromatic rings. The molecular formula is C9H9F2N. The van der Waals surface area contributed by atoms with Crippen LogP contribution in [-0.4, -0.2) is 6.04 Å². The minimum Gasteiger partial charge on any atom is -0.327 e. The van der Waals surface area contributed by atoms with Crippen LogP contribution in [0.4, 0.5) is 8.78 Å². The fraction of sp³-hybridized carbons (Fsp3) is 0.333. The van der Waals surface area contributed by atoms with Gasteiger partial charge in [0.2, 0.25) is 0 Å². The van der Waals surface area contributed by atoms with Gasteiger partial charge in [0.05, 0.1) is 0 Å². The van der Waals surface area contributed by atoms with Gasteiger partial charge in [0, 0.05) is 18.0 Å². The van der Waals surface area contributed by atoms with Crippen LogP contribution in [0.5, 0.6) is 0 Å². The normalized spacial score (nSPS) is 27.2. The molecule has 12 heavy (non-hydrogen) atoms. The molecule has 2 N–H and O–H groups in total. The molecule has 1 aliphatic carbocycles. The van der Waals surface area contributed by atoms with Crippen molar-refractivity contribution >= 4 is 0 Å². The van der Waals surface area contributed by atoms with E-state index >= 15 is 0 Å². The molecule has 0 aromatic heterocycles. The summed E-state index contributed by atoms with van der Waals surface area (Å²) in [7, 11) is 0. The summed E-state index contributed by atoms with van der Waals surface area (Å²) in [5.74, 6) is -0.886. The Balaban J connectivity index is 2.32. The number of rotatable bonds is 1. The van der Waals surface area contributed by atoms with E-state index in [1.54, 1.807) is 0 Å². The smallest absolute Gasteiger partial charge is 0.126 e. The van der Waals surface area contributed by atoms with Crippen LogP contribution < -0.4 is 5.73 Å². The molecule has 0 bridgehead atoms. The second-order valence-electron chi connectivity index (χ2n) is 3.21. The summed E-state index contributed by atoms with van der Waals surface area (Å²) in [5.41, 5.74) is 6.23. The van der Waals surface area contributed by atoms with Crippen molar-refractivity contribution in [2.75, 3.05) is 0 Å². The molecule has 64 valence electrons. The van der Waals surface area contributed by atoms with Crippen LogP contribution >= 0.6 is 0 Å². The third-order valence-electron chi connectivity index (χ3n) is 2.15. The quantitative estimate of drug-likeness (QED) is 0.681. The molecule has 0 unspecified atom stereocenters. The van der Waals surface area contributed by atoms with E-state index in [2.05, 4.69) is 0 Å². The van der Waals surface area contributed by atoms with Gasteiger partial charge in [-0.15, -0.1) is 0 Å². The Morgan fingerprint density at radius 3 is 2.08 bits per heavy atom. The number of hydrogen-bond acceptors (Lipinski definition) is 1. The Kier molecular flexibility index (Phi) is 1.61. The van der Waals surface area contributed by atoms with E-state index in [1.807, 2.05) is 0 Å². The molecule has 0 spiro atoms. The van der Waals surface area contributed by atoms with Gasteiger partial charge in [0.1, 0.15) is 11.6 Å². The maximum atomic E-state index is 12.7. The van der Waals surface area contributed by atoms with Crippen molar-refractivity contribution in [2.45, 2.75) is 18.4 Å². The van der Waals surface area contributed by atoms with Gasteiger partial charge < -0.3 is 5.73 Å². The average Bonchev–Trinajstić information content (AvgIpc) is 2.64. The molecule has 3 heteroatoms. The van der Waals surface area contributed by atoms with E-state index in [0.29, 0.717) is 5.56 Å². The van der Waals surface area contributed by atoms with Gasteiger partial charge in [-0.3, -0.25) is 0 Å². The highest BCUT2D eigenvalue weighted by molar-refractivity contribution is 5.28. The SMILES string of the molecule is N[C@@H]1C[C@@H]1c1cc(F)cc(F)c1. The van der Waals surface area contributed by atoms with Crippen molar-refractivity contribution in [2.24, 2.45) is 5.73 Å². The first-order valence-corrected chi connectivity index (χ1v) is 3.88. The Morgan fingerprint density at radius 2 is 1.67 bits per heavy atom. The maximum absolute atomic E-state index is 12.7. The molecule has 2 rings (SSSR count). The Hall–Kier alpha value is -0.960. The van der Waals surface area contributed by atoms with Crippen molar-refractivity contribution in [3.05, 3.63) is 35.4 Å². The molecule has 1 saturated carbocycles. The monoisotopic (exact) mass is 169 g/mol. The van der Waals surface area contributed by atoms with Gasteiger partial charge >= 0.3 is 0 Å². The Bertz CT molecular complexity index is 291. The summed E-state index contributed by atoms with van der Waals surface area (Å²) in [5, 5.41) is 0. The standard InChI is InChI=1S/C9H9F2N/c10-6-1-5(2-7(11)3-6)8-4-9(8)12/h1-3,8-9H,4,12H2/t8-,9-/m1/s1. The summed E-state index contributed by atoms with van der Waals surface area (Å²) >= 11 is 0. The first kappa shape index (κ1) is 7.68. The molecule has 1 aromatic carbocycles. The summed E-state index contributed by atoms with van der Waals surface area (Å²) in [6.07, 6.45) is 0.836. The average molecular weight is 169 g/mol. The number of hydrogen-bond donors (Lipinski definition) is 1. The molecule has 0 saturated heterocycles. The molecule has 0 heterocycles. The van der Waals surface area contributed by atoms with Gasteiger partial charge in [-0.25, -0.2) is 8.78 Å². The predicted molar refractivity (Wildman–Crippen MR) is 41.7 cm³/mol. The van der Waals surface area contributed by atoms with Crippen LogP contribution in [0.2, 0.25) is 0 Å². The topological polar surface area (TPSA) is 26.0 Å². The molecule has 0 aliphatic heterocycles. The number of nitrogens with two attached hydrogens (primary N) is 1. The molecular weight excluding hydrogens is 160 g/mol. The minimum atomic E-state index is -0.524. The number of halogens is 2.